The highest BCUT2D eigenvalue weighted by molar-refractivity contribution is 5.78. The Morgan fingerprint density at radius 2 is 2.11 bits per heavy atom. The highest BCUT2D eigenvalue weighted by Gasteiger charge is 2.12. The first-order chi connectivity index (χ1) is 8.54. The lowest BCUT2D eigenvalue weighted by Crippen LogP contribution is -2.35. The first kappa shape index (κ1) is 14.6. The normalized spacial score (nSPS) is 12.2. The van der Waals surface area contributed by atoms with Gasteiger partial charge in [0.1, 0.15) is 11.6 Å². The zero-order valence-electron chi connectivity index (χ0n) is 10.6. The Hall–Kier alpha value is -1.49. The van der Waals surface area contributed by atoms with Gasteiger partial charge in [0.2, 0.25) is 5.91 Å². The fraction of sp³-hybridized carbons (Fsp3) is 0.462. The largest absolute Gasteiger partial charge is 0.352 e. The second-order valence-corrected chi connectivity index (χ2v) is 4.16. The summed E-state index contributed by atoms with van der Waals surface area (Å²) in [5.74, 6) is -1.61. The summed E-state index contributed by atoms with van der Waals surface area (Å²) in [5.41, 5.74) is 0.278. The maximum Gasteiger partial charge on any atom is 0.224 e. The smallest absolute Gasteiger partial charge is 0.224 e. The number of rotatable bonds is 6. The summed E-state index contributed by atoms with van der Waals surface area (Å²) in [6, 6.07) is 3.32. The molecule has 2 N–H and O–H groups in total. The number of carbonyl (C=O) groups is 1. The van der Waals surface area contributed by atoms with Gasteiger partial charge in [-0.15, -0.1) is 0 Å². The molecule has 0 aliphatic rings. The van der Waals surface area contributed by atoms with E-state index in [1.165, 1.54) is 12.1 Å². The van der Waals surface area contributed by atoms with Gasteiger partial charge in [0.25, 0.3) is 0 Å². The summed E-state index contributed by atoms with van der Waals surface area (Å²) in [7, 11) is 0. The van der Waals surface area contributed by atoms with Crippen LogP contribution in [0.1, 0.15) is 19.4 Å². The van der Waals surface area contributed by atoms with E-state index in [1.807, 2.05) is 6.92 Å². The number of hydrogen-bond donors (Lipinski definition) is 2. The van der Waals surface area contributed by atoms with Gasteiger partial charge in [-0.3, -0.25) is 4.79 Å². The van der Waals surface area contributed by atoms with E-state index in [9.17, 15) is 13.6 Å². The van der Waals surface area contributed by atoms with E-state index in [-0.39, 0.29) is 23.9 Å². The van der Waals surface area contributed by atoms with Crippen LogP contribution in [0, 0.1) is 17.6 Å². The lowest BCUT2D eigenvalue weighted by molar-refractivity contribution is -0.124. The topological polar surface area (TPSA) is 41.1 Å². The molecular weight excluding hydrogens is 238 g/mol. The maximum atomic E-state index is 13.3. The minimum atomic E-state index is -0.644. The summed E-state index contributed by atoms with van der Waals surface area (Å²) < 4.78 is 26.0. The molecule has 1 aromatic rings. The molecule has 1 atom stereocenters. The molecule has 1 rings (SSSR count). The second kappa shape index (κ2) is 7.06. The minimum absolute atomic E-state index is 0.0708. The van der Waals surface area contributed by atoms with Crippen molar-refractivity contribution >= 4 is 5.91 Å². The molecule has 0 saturated heterocycles. The molecular formula is C13H18F2N2O. The van der Waals surface area contributed by atoms with Gasteiger partial charge < -0.3 is 10.6 Å². The van der Waals surface area contributed by atoms with Crippen LogP contribution in [0.4, 0.5) is 8.78 Å². The van der Waals surface area contributed by atoms with Gasteiger partial charge in [-0.05, 0) is 12.6 Å². The van der Waals surface area contributed by atoms with Crippen LogP contribution in [0.2, 0.25) is 0 Å². The number of benzene rings is 1. The third kappa shape index (κ3) is 4.41. The lowest BCUT2D eigenvalue weighted by atomic mass is 10.1. The predicted molar refractivity (Wildman–Crippen MR) is 65.9 cm³/mol. The molecule has 3 nitrogen and oxygen atoms in total. The molecule has 0 aromatic heterocycles. The van der Waals surface area contributed by atoms with Gasteiger partial charge in [-0.25, -0.2) is 8.78 Å². The minimum Gasteiger partial charge on any atom is -0.352 e. The van der Waals surface area contributed by atoms with Crippen LogP contribution in [0.15, 0.2) is 18.2 Å². The quantitative estimate of drug-likeness (QED) is 0.815. The van der Waals surface area contributed by atoms with Gasteiger partial charge in [0.05, 0.1) is 0 Å². The van der Waals surface area contributed by atoms with Crippen LogP contribution in [0.5, 0.6) is 0 Å². The van der Waals surface area contributed by atoms with Crippen LogP contribution in [-0.4, -0.2) is 19.0 Å². The van der Waals surface area contributed by atoms with Crippen molar-refractivity contribution < 1.29 is 13.6 Å². The van der Waals surface area contributed by atoms with Gasteiger partial charge >= 0.3 is 0 Å². The summed E-state index contributed by atoms with van der Waals surface area (Å²) in [5, 5.41) is 5.69. The van der Waals surface area contributed by atoms with Crippen LogP contribution in [0.25, 0.3) is 0 Å². The molecule has 1 aromatic carbocycles. The molecule has 0 heterocycles. The predicted octanol–water partition coefficient (Wildman–Crippen LogP) is 1.83. The average molecular weight is 256 g/mol. The SMILES string of the molecule is CCNCC(C)C(=O)NCc1ccc(F)cc1F. The molecule has 0 saturated carbocycles. The van der Waals surface area contributed by atoms with Gasteiger partial charge in [-0.1, -0.05) is 19.9 Å². The maximum absolute atomic E-state index is 13.3. The molecule has 0 spiro atoms. The van der Waals surface area contributed by atoms with Crippen molar-refractivity contribution in [1.29, 1.82) is 0 Å². The van der Waals surface area contributed by atoms with Crippen LogP contribution in [-0.2, 0) is 11.3 Å². The van der Waals surface area contributed by atoms with E-state index in [4.69, 9.17) is 0 Å². The van der Waals surface area contributed by atoms with Crippen LogP contribution >= 0.6 is 0 Å². The van der Waals surface area contributed by atoms with Crippen LogP contribution in [0.3, 0.4) is 0 Å². The van der Waals surface area contributed by atoms with Crippen molar-refractivity contribution in [3.63, 3.8) is 0 Å². The summed E-state index contributed by atoms with van der Waals surface area (Å²) in [4.78, 5) is 11.7. The van der Waals surface area contributed by atoms with Crippen molar-refractivity contribution in [3.05, 3.63) is 35.4 Å². The Labute approximate surface area is 106 Å². The van der Waals surface area contributed by atoms with E-state index in [0.717, 1.165) is 12.6 Å². The standard InChI is InChI=1S/C13H18F2N2O/c1-3-16-7-9(2)13(18)17-8-10-4-5-11(14)6-12(10)15/h4-6,9,16H,3,7-8H2,1-2H3,(H,17,18). The third-order valence-electron chi connectivity index (χ3n) is 2.62. The van der Waals surface area contributed by atoms with E-state index in [1.54, 1.807) is 6.92 Å². The Bertz CT molecular complexity index is 410. The van der Waals surface area contributed by atoms with Gasteiger partial charge in [0, 0.05) is 30.6 Å². The summed E-state index contributed by atoms with van der Waals surface area (Å²) in [6.45, 7) is 5.19. The highest BCUT2D eigenvalue weighted by atomic mass is 19.1. The molecule has 100 valence electrons. The van der Waals surface area contributed by atoms with E-state index >= 15 is 0 Å². The Morgan fingerprint density at radius 3 is 2.72 bits per heavy atom. The van der Waals surface area contributed by atoms with E-state index in [2.05, 4.69) is 10.6 Å². The molecule has 0 radical (unpaired) electrons. The number of nitrogens with one attached hydrogen (secondary N) is 2. The molecule has 0 aliphatic carbocycles. The van der Waals surface area contributed by atoms with Crippen LogP contribution < -0.4 is 10.6 Å². The fourth-order valence-corrected chi connectivity index (χ4v) is 1.48. The van der Waals surface area contributed by atoms with E-state index in [0.29, 0.717) is 6.54 Å². The highest BCUT2D eigenvalue weighted by Crippen LogP contribution is 2.09. The van der Waals surface area contributed by atoms with Gasteiger partial charge in [0.15, 0.2) is 0 Å². The average Bonchev–Trinajstić information content (AvgIpc) is 2.34. The first-order valence-electron chi connectivity index (χ1n) is 5.97. The van der Waals surface area contributed by atoms with Crippen molar-refractivity contribution in [3.8, 4) is 0 Å². The second-order valence-electron chi connectivity index (χ2n) is 4.16. The van der Waals surface area contributed by atoms with Crippen molar-refractivity contribution in [1.82, 2.24) is 10.6 Å². The van der Waals surface area contributed by atoms with Crippen molar-refractivity contribution in [2.45, 2.75) is 20.4 Å². The Kier molecular flexibility index (Phi) is 5.71. The Morgan fingerprint density at radius 1 is 1.39 bits per heavy atom. The van der Waals surface area contributed by atoms with Crippen molar-refractivity contribution in [2.24, 2.45) is 5.92 Å². The summed E-state index contributed by atoms with van der Waals surface area (Å²) in [6.07, 6.45) is 0. The number of amides is 1. The third-order valence-corrected chi connectivity index (χ3v) is 2.62. The number of carbonyl (C=O) groups excluding carboxylic acids is 1. The lowest BCUT2D eigenvalue weighted by Gasteiger charge is -2.12. The van der Waals surface area contributed by atoms with E-state index < -0.39 is 11.6 Å². The number of halogens is 2. The molecule has 18 heavy (non-hydrogen) atoms. The Balaban J connectivity index is 2.47. The summed E-state index contributed by atoms with van der Waals surface area (Å²) >= 11 is 0. The zero-order chi connectivity index (χ0) is 13.5. The van der Waals surface area contributed by atoms with Gasteiger partial charge in [-0.2, -0.15) is 0 Å². The first-order valence-corrected chi connectivity index (χ1v) is 5.97. The molecule has 1 unspecified atom stereocenters. The fourth-order valence-electron chi connectivity index (χ4n) is 1.48. The number of hydrogen-bond acceptors (Lipinski definition) is 2. The molecule has 0 bridgehead atoms. The monoisotopic (exact) mass is 256 g/mol. The molecule has 5 heteroatoms. The molecule has 0 fully saturated rings. The van der Waals surface area contributed by atoms with Crippen molar-refractivity contribution in [2.75, 3.05) is 13.1 Å². The zero-order valence-corrected chi connectivity index (χ0v) is 10.6. The molecule has 1 amide bonds. The molecule has 0 aliphatic heterocycles.